The Morgan fingerprint density at radius 3 is 2.25 bits per heavy atom. The van der Waals surface area contributed by atoms with Crippen LogP contribution in [0.2, 0.25) is 12.6 Å². The van der Waals surface area contributed by atoms with Crippen LogP contribution >= 0.6 is 0 Å². The number of hydrogen-bond acceptors (Lipinski definition) is 3. The Kier molecular flexibility index (Phi) is 7.58. The van der Waals surface area contributed by atoms with E-state index in [2.05, 4.69) is 30.2 Å². The van der Waals surface area contributed by atoms with Gasteiger partial charge in [0, 0.05) is 25.4 Å². The smallest absolute Gasteiger partial charge is 0.334 e. The average molecular weight is 293 g/mol. The zero-order chi connectivity index (χ0) is 14.8. The van der Waals surface area contributed by atoms with E-state index < -0.39 is 8.56 Å². The molecule has 0 radical (unpaired) electrons. The fourth-order valence-corrected chi connectivity index (χ4v) is 4.71. The second-order valence-corrected chi connectivity index (χ2v) is 8.16. The molecule has 0 spiro atoms. The maximum absolute atomic E-state index is 5.86. The second-order valence-electron chi connectivity index (χ2n) is 4.81. The highest BCUT2D eigenvalue weighted by Gasteiger charge is 2.30. The van der Waals surface area contributed by atoms with Gasteiger partial charge in [-0.1, -0.05) is 24.8 Å². The summed E-state index contributed by atoms with van der Waals surface area (Å²) in [4.78, 5) is 2.17. The van der Waals surface area contributed by atoms with Gasteiger partial charge in [-0.2, -0.15) is 0 Å². The van der Waals surface area contributed by atoms with Crippen molar-refractivity contribution in [2.45, 2.75) is 32.9 Å². The summed E-state index contributed by atoms with van der Waals surface area (Å²) in [5, 5.41) is 0. The molecule has 0 bridgehead atoms. The predicted octanol–water partition coefficient (Wildman–Crippen LogP) is 4.17. The third kappa shape index (κ3) is 5.49. The molecule has 0 aliphatic rings. The lowest BCUT2D eigenvalue weighted by Gasteiger charge is -2.27. The summed E-state index contributed by atoms with van der Waals surface area (Å²) >= 11 is 0. The largest absolute Gasteiger partial charge is 0.395 e. The fraction of sp³-hybridized carbons (Fsp3) is 0.500. The van der Waals surface area contributed by atoms with Crippen molar-refractivity contribution in [2.24, 2.45) is 0 Å². The first-order chi connectivity index (χ1) is 9.65. The quantitative estimate of drug-likeness (QED) is 0.604. The standard InChI is InChI=1S/C16H27NO2Si/c1-5-17(16-12-9-8-10-13-16)14-11-15-20(4,18-6-2)19-7-3/h5,8-10,12-13H,1,6-7,11,14-15H2,2-4H3. The molecule has 0 aliphatic carbocycles. The zero-order valence-corrected chi connectivity index (χ0v) is 14.0. The number of nitrogens with zero attached hydrogens (tertiary/aromatic N) is 1. The Morgan fingerprint density at radius 2 is 1.75 bits per heavy atom. The number of hydrogen-bond donors (Lipinski definition) is 0. The molecular formula is C16H27NO2Si. The number of anilines is 1. The van der Waals surface area contributed by atoms with E-state index in [1.54, 1.807) is 0 Å². The minimum absolute atomic E-state index is 0.729. The van der Waals surface area contributed by atoms with Crippen LogP contribution in [0.15, 0.2) is 43.1 Å². The van der Waals surface area contributed by atoms with Gasteiger partial charge in [0.1, 0.15) is 0 Å². The normalized spacial score (nSPS) is 11.3. The highest BCUT2D eigenvalue weighted by molar-refractivity contribution is 6.66. The van der Waals surface area contributed by atoms with Crippen molar-refractivity contribution in [2.75, 3.05) is 24.7 Å². The average Bonchev–Trinajstić information content (AvgIpc) is 2.45. The minimum atomic E-state index is -1.99. The minimum Gasteiger partial charge on any atom is -0.395 e. The summed E-state index contributed by atoms with van der Waals surface area (Å²) in [5.74, 6) is 0. The van der Waals surface area contributed by atoms with E-state index in [1.165, 1.54) is 5.69 Å². The zero-order valence-electron chi connectivity index (χ0n) is 13.0. The third-order valence-electron chi connectivity index (χ3n) is 3.24. The molecular weight excluding hydrogens is 266 g/mol. The molecule has 0 unspecified atom stereocenters. The first-order valence-electron chi connectivity index (χ1n) is 7.37. The molecule has 112 valence electrons. The van der Waals surface area contributed by atoms with E-state index >= 15 is 0 Å². The van der Waals surface area contributed by atoms with E-state index in [-0.39, 0.29) is 0 Å². The molecule has 0 atom stereocenters. The summed E-state index contributed by atoms with van der Waals surface area (Å²) in [6, 6.07) is 11.3. The van der Waals surface area contributed by atoms with E-state index in [0.717, 1.165) is 32.2 Å². The summed E-state index contributed by atoms with van der Waals surface area (Å²) in [5.41, 5.74) is 1.18. The van der Waals surface area contributed by atoms with Crippen LogP contribution in [-0.4, -0.2) is 28.3 Å². The van der Waals surface area contributed by atoms with Crippen molar-refractivity contribution in [3.63, 3.8) is 0 Å². The molecule has 0 N–H and O–H groups in total. The lowest BCUT2D eigenvalue weighted by atomic mass is 10.3. The molecule has 1 aromatic rings. The lowest BCUT2D eigenvalue weighted by Crippen LogP contribution is -2.39. The van der Waals surface area contributed by atoms with E-state index in [4.69, 9.17) is 8.85 Å². The highest BCUT2D eigenvalue weighted by atomic mass is 28.4. The Morgan fingerprint density at radius 1 is 1.15 bits per heavy atom. The molecule has 0 amide bonds. The number of para-hydroxylation sites is 1. The number of rotatable bonds is 10. The van der Waals surface area contributed by atoms with Gasteiger partial charge >= 0.3 is 8.56 Å². The van der Waals surface area contributed by atoms with Gasteiger partial charge in [0.05, 0.1) is 0 Å². The van der Waals surface area contributed by atoms with Crippen LogP contribution in [0.1, 0.15) is 20.3 Å². The maximum atomic E-state index is 5.86. The Balaban J connectivity index is 2.50. The third-order valence-corrected chi connectivity index (χ3v) is 6.30. The van der Waals surface area contributed by atoms with Crippen molar-refractivity contribution in [1.29, 1.82) is 0 Å². The van der Waals surface area contributed by atoms with Crippen LogP contribution in [0.5, 0.6) is 0 Å². The molecule has 20 heavy (non-hydrogen) atoms. The van der Waals surface area contributed by atoms with Gasteiger partial charge in [-0.3, -0.25) is 0 Å². The molecule has 4 heteroatoms. The fourth-order valence-electron chi connectivity index (χ4n) is 2.31. The Hall–Kier alpha value is -1.10. The molecule has 0 aliphatic heterocycles. The molecule has 0 aromatic heterocycles. The maximum Gasteiger partial charge on any atom is 0.334 e. The monoisotopic (exact) mass is 293 g/mol. The number of benzene rings is 1. The van der Waals surface area contributed by atoms with Crippen LogP contribution in [0, 0.1) is 0 Å². The van der Waals surface area contributed by atoms with Crippen LogP contribution in [-0.2, 0) is 8.85 Å². The lowest BCUT2D eigenvalue weighted by molar-refractivity contribution is 0.188. The van der Waals surface area contributed by atoms with E-state index in [0.29, 0.717) is 0 Å². The van der Waals surface area contributed by atoms with Crippen LogP contribution < -0.4 is 4.90 Å². The highest BCUT2D eigenvalue weighted by Crippen LogP contribution is 2.19. The SMILES string of the molecule is C=CN(CCC[Si](C)(OCC)OCC)c1ccccc1. The van der Waals surface area contributed by atoms with Gasteiger partial charge in [0.15, 0.2) is 0 Å². The van der Waals surface area contributed by atoms with Crippen molar-refractivity contribution in [1.82, 2.24) is 0 Å². The topological polar surface area (TPSA) is 21.7 Å². The van der Waals surface area contributed by atoms with Gasteiger partial charge < -0.3 is 13.8 Å². The van der Waals surface area contributed by atoms with Crippen molar-refractivity contribution >= 4 is 14.2 Å². The second kappa shape index (κ2) is 8.95. The van der Waals surface area contributed by atoms with Crippen molar-refractivity contribution < 1.29 is 8.85 Å². The van der Waals surface area contributed by atoms with Gasteiger partial charge in [-0.05, 0) is 51.2 Å². The van der Waals surface area contributed by atoms with Gasteiger partial charge in [-0.25, -0.2) is 0 Å². The summed E-state index contributed by atoms with van der Waals surface area (Å²) in [6.45, 7) is 12.5. The first-order valence-corrected chi connectivity index (χ1v) is 9.89. The van der Waals surface area contributed by atoms with E-state index in [1.807, 2.05) is 38.2 Å². The molecule has 1 aromatic carbocycles. The molecule has 0 heterocycles. The van der Waals surface area contributed by atoms with Crippen LogP contribution in [0.3, 0.4) is 0 Å². The summed E-state index contributed by atoms with van der Waals surface area (Å²) in [7, 11) is -1.99. The predicted molar refractivity (Wildman–Crippen MR) is 88.3 cm³/mol. The molecule has 0 saturated heterocycles. The van der Waals surface area contributed by atoms with Gasteiger partial charge in [0.25, 0.3) is 0 Å². The Labute approximate surface area is 124 Å². The molecule has 0 saturated carbocycles. The van der Waals surface area contributed by atoms with Gasteiger partial charge in [0.2, 0.25) is 0 Å². The molecule has 1 rings (SSSR count). The van der Waals surface area contributed by atoms with Crippen LogP contribution in [0.25, 0.3) is 0 Å². The summed E-state index contributed by atoms with van der Waals surface area (Å²) < 4.78 is 11.7. The Bertz CT molecular complexity index is 377. The molecule has 0 fully saturated rings. The first kappa shape index (κ1) is 16.9. The van der Waals surface area contributed by atoms with Crippen LogP contribution in [0.4, 0.5) is 5.69 Å². The summed E-state index contributed by atoms with van der Waals surface area (Å²) in [6.07, 6.45) is 2.93. The van der Waals surface area contributed by atoms with E-state index in [9.17, 15) is 0 Å². The molecule has 3 nitrogen and oxygen atoms in total. The van der Waals surface area contributed by atoms with Crippen molar-refractivity contribution in [3.05, 3.63) is 43.1 Å². The van der Waals surface area contributed by atoms with Crippen molar-refractivity contribution in [3.8, 4) is 0 Å². The van der Waals surface area contributed by atoms with Gasteiger partial charge in [-0.15, -0.1) is 0 Å².